The van der Waals surface area contributed by atoms with Crippen molar-refractivity contribution in [1.29, 1.82) is 0 Å². The molecule has 2 aromatic heterocycles. The Labute approximate surface area is 115 Å². The number of thiazole rings is 1. The molecule has 2 heterocycles. The summed E-state index contributed by atoms with van der Waals surface area (Å²) in [5.74, 6) is 5.60. The zero-order valence-electron chi connectivity index (χ0n) is 10.7. The molecule has 0 aliphatic rings. The lowest BCUT2D eigenvalue weighted by molar-refractivity contribution is 0.0950. The minimum Gasteiger partial charge on any atom is -0.346 e. The van der Waals surface area contributed by atoms with Gasteiger partial charge in [0, 0.05) is 22.3 Å². The number of amides is 1. The van der Waals surface area contributed by atoms with Crippen LogP contribution in [0.25, 0.3) is 0 Å². The zero-order chi connectivity index (χ0) is 13.8. The molecule has 19 heavy (non-hydrogen) atoms. The first-order valence-corrected chi connectivity index (χ1v) is 6.55. The second-order valence-corrected chi connectivity index (χ2v) is 5.39. The van der Waals surface area contributed by atoms with Crippen molar-refractivity contribution in [2.75, 3.05) is 5.43 Å². The summed E-state index contributed by atoms with van der Waals surface area (Å²) in [7, 11) is 0. The summed E-state index contributed by atoms with van der Waals surface area (Å²) < 4.78 is 0. The van der Waals surface area contributed by atoms with Crippen LogP contribution in [0.4, 0.5) is 5.82 Å². The molecule has 0 saturated carbocycles. The Morgan fingerprint density at radius 3 is 2.84 bits per heavy atom. The van der Waals surface area contributed by atoms with Crippen molar-refractivity contribution in [2.45, 2.75) is 20.4 Å². The maximum atomic E-state index is 12.0. The number of anilines is 1. The van der Waals surface area contributed by atoms with E-state index >= 15 is 0 Å². The highest BCUT2D eigenvalue weighted by atomic mass is 32.1. The maximum Gasteiger partial charge on any atom is 0.251 e. The summed E-state index contributed by atoms with van der Waals surface area (Å²) in [5, 5.41) is 3.70. The minimum absolute atomic E-state index is 0.171. The zero-order valence-corrected chi connectivity index (χ0v) is 11.5. The number of rotatable bonds is 4. The van der Waals surface area contributed by atoms with E-state index in [4.69, 9.17) is 5.84 Å². The van der Waals surface area contributed by atoms with Crippen molar-refractivity contribution in [1.82, 2.24) is 15.3 Å². The van der Waals surface area contributed by atoms with E-state index in [0.29, 0.717) is 17.9 Å². The smallest absolute Gasteiger partial charge is 0.251 e. The van der Waals surface area contributed by atoms with Crippen molar-refractivity contribution in [3.63, 3.8) is 0 Å². The SMILES string of the molecule is Cc1cc(C(=O)NCc2ncc(C)s2)cc(NN)n1. The highest BCUT2D eigenvalue weighted by Gasteiger charge is 2.09. The van der Waals surface area contributed by atoms with E-state index in [1.165, 1.54) is 0 Å². The van der Waals surface area contributed by atoms with Crippen molar-refractivity contribution in [3.8, 4) is 0 Å². The molecule has 0 bridgehead atoms. The van der Waals surface area contributed by atoms with Gasteiger partial charge in [0.15, 0.2) is 0 Å². The highest BCUT2D eigenvalue weighted by Crippen LogP contribution is 2.12. The minimum atomic E-state index is -0.171. The van der Waals surface area contributed by atoms with Crippen molar-refractivity contribution < 1.29 is 4.79 Å². The number of nitrogens with zero attached hydrogens (tertiary/aromatic N) is 2. The van der Waals surface area contributed by atoms with Crippen molar-refractivity contribution >= 4 is 23.1 Å². The molecule has 4 N–H and O–H groups in total. The van der Waals surface area contributed by atoms with Crippen LogP contribution in [-0.4, -0.2) is 15.9 Å². The maximum absolute atomic E-state index is 12.0. The van der Waals surface area contributed by atoms with E-state index in [0.717, 1.165) is 15.6 Å². The average molecular weight is 277 g/mol. The second kappa shape index (κ2) is 5.77. The molecule has 0 spiro atoms. The Morgan fingerprint density at radius 2 is 2.21 bits per heavy atom. The van der Waals surface area contributed by atoms with E-state index in [1.807, 2.05) is 13.8 Å². The number of carbonyl (C=O) groups is 1. The fourth-order valence-electron chi connectivity index (χ4n) is 1.61. The van der Waals surface area contributed by atoms with Crippen LogP contribution in [-0.2, 0) is 6.54 Å². The van der Waals surface area contributed by atoms with Crippen LogP contribution in [0.15, 0.2) is 18.3 Å². The number of aromatic nitrogens is 2. The van der Waals surface area contributed by atoms with Gasteiger partial charge in [-0.3, -0.25) is 4.79 Å². The van der Waals surface area contributed by atoms with Gasteiger partial charge in [0.2, 0.25) is 0 Å². The predicted molar refractivity (Wildman–Crippen MR) is 74.8 cm³/mol. The van der Waals surface area contributed by atoms with Gasteiger partial charge in [0.25, 0.3) is 5.91 Å². The molecule has 0 atom stereocenters. The fourth-order valence-corrected chi connectivity index (χ4v) is 2.34. The van der Waals surface area contributed by atoms with E-state index < -0.39 is 0 Å². The molecule has 1 amide bonds. The van der Waals surface area contributed by atoms with E-state index in [9.17, 15) is 4.79 Å². The molecular formula is C12H15N5OS. The van der Waals surface area contributed by atoms with Gasteiger partial charge in [0.1, 0.15) is 10.8 Å². The van der Waals surface area contributed by atoms with Gasteiger partial charge >= 0.3 is 0 Å². The van der Waals surface area contributed by atoms with Gasteiger partial charge in [-0.2, -0.15) is 0 Å². The molecule has 0 aliphatic heterocycles. The molecule has 100 valence electrons. The third-order valence-corrected chi connectivity index (χ3v) is 3.35. The first-order valence-electron chi connectivity index (χ1n) is 5.73. The van der Waals surface area contributed by atoms with Crippen LogP contribution >= 0.6 is 11.3 Å². The molecular weight excluding hydrogens is 262 g/mol. The third-order valence-electron chi connectivity index (χ3n) is 2.43. The lowest BCUT2D eigenvalue weighted by Crippen LogP contribution is -2.23. The Balaban J connectivity index is 2.05. The van der Waals surface area contributed by atoms with Crippen LogP contribution in [0.5, 0.6) is 0 Å². The molecule has 2 rings (SSSR count). The largest absolute Gasteiger partial charge is 0.346 e. The molecule has 0 saturated heterocycles. The number of hydrazine groups is 1. The summed E-state index contributed by atoms with van der Waals surface area (Å²) in [6, 6.07) is 3.32. The van der Waals surface area contributed by atoms with E-state index in [2.05, 4.69) is 20.7 Å². The number of hydrogen-bond acceptors (Lipinski definition) is 6. The molecule has 6 nitrogen and oxygen atoms in total. The fraction of sp³-hybridized carbons (Fsp3) is 0.250. The normalized spacial score (nSPS) is 10.3. The first kappa shape index (κ1) is 13.4. The van der Waals surface area contributed by atoms with Crippen molar-refractivity contribution in [2.24, 2.45) is 5.84 Å². The molecule has 0 fully saturated rings. The number of hydrogen-bond donors (Lipinski definition) is 3. The molecule has 0 unspecified atom stereocenters. The van der Waals surface area contributed by atoms with Crippen LogP contribution in [0.1, 0.15) is 25.9 Å². The lowest BCUT2D eigenvalue weighted by atomic mass is 10.2. The van der Waals surface area contributed by atoms with Gasteiger partial charge in [-0.25, -0.2) is 15.8 Å². The first-order chi connectivity index (χ1) is 9.08. The number of pyridine rings is 1. The number of carbonyl (C=O) groups excluding carboxylic acids is 1. The van der Waals surface area contributed by atoms with Gasteiger partial charge in [-0.15, -0.1) is 11.3 Å². The second-order valence-electron chi connectivity index (χ2n) is 4.07. The Morgan fingerprint density at radius 1 is 1.42 bits per heavy atom. The van der Waals surface area contributed by atoms with Gasteiger partial charge < -0.3 is 10.7 Å². The quantitative estimate of drug-likeness (QED) is 0.580. The summed E-state index contributed by atoms with van der Waals surface area (Å²) in [6.45, 7) is 4.21. The Bertz CT molecular complexity index is 596. The molecule has 2 aromatic rings. The topological polar surface area (TPSA) is 92.9 Å². The molecule has 0 radical (unpaired) electrons. The summed E-state index contributed by atoms with van der Waals surface area (Å²) >= 11 is 1.57. The van der Waals surface area contributed by atoms with Crippen LogP contribution in [0, 0.1) is 13.8 Å². The van der Waals surface area contributed by atoms with E-state index in [1.54, 1.807) is 29.7 Å². The Hall–Kier alpha value is -1.99. The monoisotopic (exact) mass is 277 g/mol. The van der Waals surface area contributed by atoms with Gasteiger partial charge in [-0.1, -0.05) is 0 Å². The van der Waals surface area contributed by atoms with E-state index in [-0.39, 0.29) is 5.91 Å². The number of nitrogens with two attached hydrogens (primary N) is 1. The Kier molecular flexibility index (Phi) is 4.08. The average Bonchev–Trinajstić information content (AvgIpc) is 2.81. The highest BCUT2D eigenvalue weighted by molar-refractivity contribution is 7.11. The number of nitrogen functional groups attached to an aromatic ring is 1. The summed E-state index contributed by atoms with van der Waals surface area (Å²) in [5.41, 5.74) is 3.69. The lowest BCUT2D eigenvalue weighted by Gasteiger charge is -2.06. The van der Waals surface area contributed by atoms with Gasteiger partial charge in [-0.05, 0) is 26.0 Å². The predicted octanol–water partition coefficient (Wildman–Crippen LogP) is 1.37. The van der Waals surface area contributed by atoms with Crippen LogP contribution < -0.4 is 16.6 Å². The number of aryl methyl sites for hydroxylation is 2. The molecule has 0 aromatic carbocycles. The van der Waals surface area contributed by atoms with Gasteiger partial charge in [0.05, 0.1) is 6.54 Å². The molecule has 7 heteroatoms. The standard InChI is InChI=1S/C12H15N5OS/c1-7-3-9(4-10(16-7)17-13)12(18)15-6-11-14-5-8(2)19-11/h3-5H,6,13H2,1-2H3,(H,15,18)(H,16,17). The van der Waals surface area contributed by atoms with Crippen LogP contribution in [0.3, 0.4) is 0 Å². The van der Waals surface area contributed by atoms with Crippen LogP contribution in [0.2, 0.25) is 0 Å². The third kappa shape index (κ3) is 3.49. The molecule has 0 aliphatic carbocycles. The van der Waals surface area contributed by atoms with Crippen molar-refractivity contribution in [3.05, 3.63) is 39.5 Å². The number of nitrogens with one attached hydrogen (secondary N) is 2. The summed E-state index contributed by atoms with van der Waals surface area (Å²) in [6.07, 6.45) is 1.79. The summed E-state index contributed by atoms with van der Waals surface area (Å²) in [4.78, 5) is 21.5.